The number of carbonyl (C=O) groups excluding carboxylic acids is 1. The van der Waals surface area contributed by atoms with Gasteiger partial charge in [0.1, 0.15) is 11.4 Å². The summed E-state index contributed by atoms with van der Waals surface area (Å²) in [5.74, 6) is 0.523. The van der Waals surface area contributed by atoms with Crippen LogP contribution in [0.25, 0.3) is 0 Å². The first kappa shape index (κ1) is 17.7. The summed E-state index contributed by atoms with van der Waals surface area (Å²) in [5, 5.41) is 2.68. The summed E-state index contributed by atoms with van der Waals surface area (Å²) >= 11 is 0. The maximum absolute atomic E-state index is 11.8. The molecular formula is C18H29N3O2. The standard InChI is InChI=1S/C18H29N3O2/c1-13(2)21-11-7-6-8-15(21)14-9-10-16(19-12-14)20-17(22)23-18(3,4)5/h9-10,12-13,15H,6-8,11H2,1-5H3,(H,19,20,22). The number of nitrogens with zero attached hydrogens (tertiary/aromatic N) is 2. The molecule has 1 amide bonds. The van der Waals surface area contributed by atoms with Crippen LogP contribution in [0.1, 0.15) is 65.5 Å². The summed E-state index contributed by atoms with van der Waals surface area (Å²) in [7, 11) is 0. The Labute approximate surface area is 139 Å². The van der Waals surface area contributed by atoms with E-state index in [2.05, 4.69) is 35.1 Å². The predicted octanol–water partition coefficient (Wildman–Crippen LogP) is 4.36. The van der Waals surface area contributed by atoms with Crippen molar-refractivity contribution in [1.82, 2.24) is 9.88 Å². The molecule has 1 fully saturated rings. The van der Waals surface area contributed by atoms with E-state index in [-0.39, 0.29) is 0 Å². The SMILES string of the molecule is CC(C)N1CCCCC1c1ccc(NC(=O)OC(C)(C)C)nc1. The molecule has 2 heterocycles. The third-order valence-corrected chi connectivity index (χ3v) is 4.01. The number of pyridine rings is 1. The number of amides is 1. The largest absolute Gasteiger partial charge is 0.444 e. The van der Waals surface area contributed by atoms with Gasteiger partial charge in [0.05, 0.1) is 0 Å². The van der Waals surface area contributed by atoms with Crippen LogP contribution in [-0.2, 0) is 4.74 Å². The van der Waals surface area contributed by atoms with Gasteiger partial charge in [-0.2, -0.15) is 0 Å². The van der Waals surface area contributed by atoms with Gasteiger partial charge in [-0.25, -0.2) is 9.78 Å². The van der Waals surface area contributed by atoms with Gasteiger partial charge in [0.15, 0.2) is 0 Å². The fraction of sp³-hybridized carbons (Fsp3) is 0.667. The van der Waals surface area contributed by atoms with Crippen LogP contribution < -0.4 is 5.32 Å². The first-order valence-electron chi connectivity index (χ1n) is 8.48. The van der Waals surface area contributed by atoms with Gasteiger partial charge in [0.2, 0.25) is 0 Å². The zero-order valence-corrected chi connectivity index (χ0v) is 14.9. The lowest BCUT2D eigenvalue weighted by atomic mass is 9.95. The molecule has 0 spiro atoms. The Balaban J connectivity index is 2.02. The lowest BCUT2D eigenvalue weighted by molar-refractivity contribution is 0.0635. The van der Waals surface area contributed by atoms with Crippen molar-refractivity contribution in [1.29, 1.82) is 0 Å². The molecule has 5 heteroatoms. The van der Waals surface area contributed by atoms with Crippen molar-refractivity contribution in [3.05, 3.63) is 23.9 Å². The summed E-state index contributed by atoms with van der Waals surface area (Å²) in [6.07, 6.45) is 5.09. The molecular weight excluding hydrogens is 290 g/mol. The number of likely N-dealkylation sites (tertiary alicyclic amines) is 1. The average molecular weight is 319 g/mol. The van der Waals surface area contributed by atoms with Crippen LogP contribution in [0.3, 0.4) is 0 Å². The number of aromatic nitrogens is 1. The highest BCUT2D eigenvalue weighted by Gasteiger charge is 2.26. The van der Waals surface area contributed by atoms with Gasteiger partial charge in [-0.1, -0.05) is 12.5 Å². The van der Waals surface area contributed by atoms with Gasteiger partial charge >= 0.3 is 6.09 Å². The number of piperidine rings is 1. The van der Waals surface area contributed by atoms with Crippen LogP contribution in [0.4, 0.5) is 10.6 Å². The highest BCUT2D eigenvalue weighted by Crippen LogP contribution is 2.32. The first-order chi connectivity index (χ1) is 10.8. The summed E-state index contributed by atoms with van der Waals surface area (Å²) < 4.78 is 5.24. The molecule has 0 saturated carbocycles. The third-order valence-electron chi connectivity index (χ3n) is 4.01. The van der Waals surface area contributed by atoms with Crippen molar-refractivity contribution in [2.45, 2.75) is 71.6 Å². The van der Waals surface area contributed by atoms with Gasteiger partial charge in [-0.15, -0.1) is 0 Å². The van der Waals surface area contributed by atoms with Crippen LogP contribution in [0.2, 0.25) is 0 Å². The van der Waals surface area contributed by atoms with Crippen molar-refractivity contribution in [3.63, 3.8) is 0 Å². The number of anilines is 1. The summed E-state index contributed by atoms with van der Waals surface area (Å²) in [6, 6.07) is 4.86. The van der Waals surface area contributed by atoms with E-state index in [4.69, 9.17) is 4.74 Å². The van der Waals surface area contributed by atoms with Crippen molar-refractivity contribution >= 4 is 11.9 Å². The van der Waals surface area contributed by atoms with E-state index in [1.54, 1.807) is 0 Å². The molecule has 1 aliphatic heterocycles. The van der Waals surface area contributed by atoms with Crippen LogP contribution >= 0.6 is 0 Å². The van der Waals surface area contributed by atoms with Crippen LogP contribution in [0.15, 0.2) is 18.3 Å². The summed E-state index contributed by atoms with van der Waals surface area (Å²) in [4.78, 5) is 18.7. The maximum atomic E-state index is 11.8. The zero-order chi connectivity index (χ0) is 17.0. The van der Waals surface area contributed by atoms with Gasteiger partial charge in [-0.05, 0) is 65.6 Å². The molecule has 1 aromatic rings. The smallest absolute Gasteiger partial charge is 0.413 e. The minimum atomic E-state index is -0.510. The second-order valence-electron chi connectivity index (χ2n) is 7.45. The first-order valence-corrected chi connectivity index (χ1v) is 8.48. The Morgan fingerprint density at radius 2 is 2.09 bits per heavy atom. The second kappa shape index (κ2) is 7.30. The van der Waals surface area contributed by atoms with Crippen LogP contribution in [0, 0.1) is 0 Å². The summed E-state index contributed by atoms with van der Waals surface area (Å²) in [5.41, 5.74) is 0.706. The fourth-order valence-corrected chi connectivity index (χ4v) is 3.01. The molecule has 0 bridgehead atoms. The highest BCUT2D eigenvalue weighted by molar-refractivity contribution is 5.83. The molecule has 1 N–H and O–H groups in total. The normalized spacial score (nSPS) is 19.7. The Kier molecular flexibility index (Phi) is 5.63. The van der Waals surface area contributed by atoms with E-state index in [9.17, 15) is 4.79 Å². The number of carbonyl (C=O) groups is 1. The lowest BCUT2D eigenvalue weighted by Gasteiger charge is -2.38. The number of hydrogen-bond donors (Lipinski definition) is 1. The topological polar surface area (TPSA) is 54.5 Å². The number of nitrogens with one attached hydrogen (secondary N) is 1. The minimum Gasteiger partial charge on any atom is -0.444 e. The molecule has 128 valence electrons. The van der Waals surface area contributed by atoms with E-state index in [1.165, 1.54) is 24.8 Å². The molecule has 5 nitrogen and oxygen atoms in total. The Morgan fingerprint density at radius 1 is 1.35 bits per heavy atom. The van der Waals surface area contributed by atoms with Gasteiger partial charge in [0.25, 0.3) is 0 Å². The summed E-state index contributed by atoms with van der Waals surface area (Å²) in [6.45, 7) is 11.1. The predicted molar refractivity (Wildman–Crippen MR) is 92.5 cm³/mol. The zero-order valence-electron chi connectivity index (χ0n) is 14.9. The molecule has 1 atom stereocenters. The highest BCUT2D eigenvalue weighted by atomic mass is 16.6. The second-order valence-corrected chi connectivity index (χ2v) is 7.45. The molecule has 0 radical (unpaired) electrons. The molecule has 1 saturated heterocycles. The van der Waals surface area contributed by atoms with Crippen LogP contribution in [-0.4, -0.2) is 34.2 Å². The van der Waals surface area contributed by atoms with Crippen molar-refractivity contribution in [2.75, 3.05) is 11.9 Å². The van der Waals surface area contributed by atoms with E-state index < -0.39 is 11.7 Å². The number of rotatable bonds is 3. The lowest BCUT2D eigenvalue weighted by Crippen LogP contribution is -2.38. The van der Waals surface area contributed by atoms with Crippen LogP contribution in [0.5, 0.6) is 0 Å². The number of hydrogen-bond acceptors (Lipinski definition) is 4. The van der Waals surface area contributed by atoms with Crippen molar-refractivity contribution < 1.29 is 9.53 Å². The Bertz CT molecular complexity index is 520. The van der Waals surface area contributed by atoms with Gasteiger partial charge < -0.3 is 4.74 Å². The quantitative estimate of drug-likeness (QED) is 0.899. The Morgan fingerprint density at radius 3 is 2.65 bits per heavy atom. The van der Waals surface area contributed by atoms with Gasteiger partial charge in [0, 0.05) is 18.3 Å². The number of ether oxygens (including phenoxy) is 1. The molecule has 23 heavy (non-hydrogen) atoms. The van der Waals surface area contributed by atoms with E-state index >= 15 is 0 Å². The molecule has 1 unspecified atom stereocenters. The van der Waals surface area contributed by atoms with Gasteiger partial charge in [-0.3, -0.25) is 10.2 Å². The van der Waals surface area contributed by atoms with E-state index in [1.807, 2.05) is 33.0 Å². The van der Waals surface area contributed by atoms with E-state index in [0.29, 0.717) is 17.9 Å². The molecule has 0 aromatic carbocycles. The van der Waals surface area contributed by atoms with Crippen molar-refractivity contribution in [2.24, 2.45) is 0 Å². The molecule has 0 aliphatic carbocycles. The molecule has 1 aliphatic rings. The monoisotopic (exact) mass is 319 g/mol. The molecule has 1 aromatic heterocycles. The fourth-order valence-electron chi connectivity index (χ4n) is 3.01. The maximum Gasteiger partial charge on any atom is 0.413 e. The Hall–Kier alpha value is -1.62. The van der Waals surface area contributed by atoms with Crippen molar-refractivity contribution in [3.8, 4) is 0 Å². The third kappa shape index (κ3) is 5.20. The average Bonchev–Trinajstić information content (AvgIpc) is 2.46. The minimum absolute atomic E-state index is 0.423. The molecule has 2 rings (SSSR count). The van der Waals surface area contributed by atoms with E-state index in [0.717, 1.165) is 6.54 Å².